The first-order chi connectivity index (χ1) is 11.1. The standard InChI is InChI=1S/C15H16N4O4/c20-14(21)9-12-10-23-7-6-18(12)15(22)13-8-11(2-4-16-13)19-5-1-3-17-19/h1-5,8,12H,6-7,9-10H2,(H,20,21). The summed E-state index contributed by atoms with van der Waals surface area (Å²) in [5, 5.41) is 13.1. The molecule has 1 saturated heterocycles. The molecule has 0 aliphatic carbocycles. The third kappa shape index (κ3) is 3.37. The van der Waals surface area contributed by atoms with Gasteiger partial charge in [-0.1, -0.05) is 0 Å². The van der Waals surface area contributed by atoms with Crippen molar-refractivity contribution in [1.82, 2.24) is 19.7 Å². The van der Waals surface area contributed by atoms with Crippen molar-refractivity contribution >= 4 is 11.9 Å². The summed E-state index contributed by atoms with van der Waals surface area (Å²) in [6.07, 6.45) is 4.81. The Morgan fingerprint density at radius 1 is 1.39 bits per heavy atom. The number of aromatic nitrogens is 3. The lowest BCUT2D eigenvalue weighted by Gasteiger charge is -2.34. The van der Waals surface area contributed by atoms with Crippen molar-refractivity contribution in [3.05, 3.63) is 42.5 Å². The summed E-state index contributed by atoms with van der Waals surface area (Å²) in [4.78, 5) is 29.3. The van der Waals surface area contributed by atoms with E-state index in [2.05, 4.69) is 10.1 Å². The molecule has 1 aliphatic rings. The van der Waals surface area contributed by atoms with E-state index >= 15 is 0 Å². The molecular formula is C15H16N4O4. The van der Waals surface area contributed by atoms with E-state index in [1.54, 1.807) is 35.3 Å². The number of rotatable bonds is 4. The summed E-state index contributed by atoms with van der Waals surface area (Å²) in [5.74, 6) is -1.26. The lowest BCUT2D eigenvalue weighted by atomic mass is 10.1. The van der Waals surface area contributed by atoms with Gasteiger partial charge >= 0.3 is 5.97 Å². The molecule has 2 aromatic heterocycles. The number of morpholine rings is 1. The number of carboxylic acid groups (broad SMARTS) is 1. The molecule has 3 rings (SSSR count). The Morgan fingerprint density at radius 2 is 2.26 bits per heavy atom. The van der Waals surface area contributed by atoms with Gasteiger partial charge in [-0.05, 0) is 18.2 Å². The third-order valence-corrected chi connectivity index (χ3v) is 3.63. The second-order valence-corrected chi connectivity index (χ2v) is 5.18. The minimum Gasteiger partial charge on any atom is -0.481 e. The Kier molecular flexibility index (Phi) is 4.33. The molecular weight excluding hydrogens is 300 g/mol. The van der Waals surface area contributed by atoms with Crippen molar-refractivity contribution in [3.63, 3.8) is 0 Å². The van der Waals surface area contributed by atoms with Crippen LogP contribution in [0.1, 0.15) is 16.9 Å². The minimum absolute atomic E-state index is 0.148. The first kappa shape index (κ1) is 15.2. The topological polar surface area (TPSA) is 97.6 Å². The molecule has 8 nitrogen and oxygen atoms in total. The summed E-state index contributed by atoms with van der Waals surface area (Å²) in [6.45, 7) is 0.960. The molecule has 2 aromatic rings. The van der Waals surface area contributed by atoms with Crippen LogP contribution in [0.4, 0.5) is 0 Å². The van der Waals surface area contributed by atoms with Crippen LogP contribution in [0.5, 0.6) is 0 Å². The number of aliphatic carboxylic acids is 1. The lowest BCUT2D eigenvalue weighted by Crippen LogP contribution is -2.49. The van der Waals surface area contributed by atoms with Crippen LogP contribution in [0.25, 0.3) is 5.69 Å². The van der Waals surface area contributed by atoms with E-state index in [1.807, 2.05) is 0 Å². The van der Waals surface area contributed by atoms with Gasteiger partial charge in [-0.2, -0.15) is 5.10 Å². The SMILES string of the molecule is O=C(O)CC1COCCN1C(=O)c1cc(-n2cccn2)ccn1. The van der Waals surface area contributed by atoms with Gasteiger partial charge in [0.2, 0.25) is 0 Å². The number of hydrogen-bond acceptors (Lipinski definition) is 5. The first-order valence-corrected chi connectivity index (χ1v) is 7.22. The number of nitrogens with zero attached hydrogens (tertiary/aromatic N) is 4. The summed E-state index contributed by atoms with van der Waals surface area (Å²) < 4.78 is 6.92. The predicted octanol–water partition coefficient (Wildman–Crippen LogP) is 0.583. The van der Waals surface area contributed by atoms with Gasteiger partial charge in [-0.3, -0.25) is 14.6 Å². The van der Waals surface area contributed by atoms with Crippen molar-refractivity contribution in [3.8, 4) is 5.69 Å². The van der Waals surface area contributed by atoms with E-state index in [-0.39, 0.29) is 24.6 Å². The zero-order valence-electron chi connectivity index (χ0n) is 12.3. The van der Waals surface area contributed by atoms with Gasteiger partial charge in [0.1, 0.15) is 5.69 Å². The van der Waals surface area contributed by atoms with Gasteiger partial charge < -0.3 is 14.7 Å². The fraction of sp³-hybridized carbons (Fsp3) is 0.333. The van der Waals surface area contributed by atoms with Crippen LogP contribution in [-0.2, 0) is 9.53 Å². The zero-order valence-corrected chi connectivity index (χ0v) is 12.3. The van der Waals surface area contributed by atoms with Gasteiger partial charge in [0.15, 0.2) is 0 Å². The highest BCUT2D eigenvalue weighted by atomic mass is 16.5. The fourth-order valence-electron chi connectivity index (χ4n) is 2.54. The summed E-state index contributed by atoms with van der Waals surface area (Å²) >= 11 is 0. The Hall–Kier alpha value is -2.74. The molecule has 0 saturated carbocycles. The van der Waals surface area contributed by atoms with Crippen LogP contribution in [-0.4, -0.2) is 62.4 Å². The van der Waals surface area contributed by atoms with Gasteiger partial charge in [-0.15, -0.1) is 0 Å². The van der Waals surface area contributed by atoms with Gasteiger partial charge in [-0.25, -0.2) is 4.68 Å². The maximum Gasteiger partial charge on any atom is 0.305 e. The van der Waals surface area contributed by atoms with Crippen LogP contribution in [0.3, 0.4) is 0 Å². The Labute approximate surface area is 132 Å². The smallest absolute Gasteiger partial charge is 0.305 e. The Bertz CT molecular complexity index is 701. The first-order valence-electron chi connectivity index (χ1n) is 7.22. The molecule has 1 amide bonds. The highest BCUT2D eigenvalue weighted by Crippen LogP contribution is 2.16. The normalized spacial score (nSPS) is 17.9. The van der Waals surface area contributed by atoms with E-state index in [9.17, 15) is 9.59 Å². The van der Waals surface area contributed by atoms with E-state index in [4.69, 9.17) is 9.84 Å². The molecule has 0 radical (unpaired) electrons. The van der Waals surface area contributed by atoms with Crippen LogP contribution < -0.4 is 0 Å². The molecule has 0 spiro atoms. The average molecular weight is 316 g/mol. The van der Waals surface area contributed by atoms with Crippen molar-refractivity contribution in [2.45, 2.75) is 12.5 Å². The fourth-order valence-corrected chi connectivity index (χ4v) is 2.54. The largest absolute Gasteiger partial charge is 0.481 e. The molecule has 0 aromatic carbocycles. The lowest BCUT2D eigenvalue weighted by molar-refractivity contribution is -0.139. The zero-order chi connectivity index (χ0) is 16.2. The monoisotopic (exact) mass is 316 g/mol. The third-order valence-electron chi connectivity index (χ3n) is 3.63. The molecule has 120 valence electrons. The van der Waals surface area contributed by atoms with Crippen molar-refractivity contribution in [2.75, 3.05) is 19.8 Å². The summed E-state index contributed by atoms with van der Waals surface area (Å²) in [5.41, 5.74) is 0.978. The van der Waals surface area contributed by atoms with E-state index < -0.39 is 12.0 Å². The number of ether oxygens (including phenoxy) is 1. The molecule has 1 aliphatic heterocycles. The maximum absolute atomic E-state index is 12.7. The number of carboxylic acids is 1. The molecule has 1 N–H and O–H groups in total. The molecule has 23 heavy (non-hydrogen) atoms. The minimum atomic E-state index is -0.962. The van der Waals surface area contributed by atoms with Crippen LogP contribution in [0.15, 0.2) is 36.8 Å². The van der Waals surface area contributed by atoms with Crippen LogP contribution >= 0.6 is 0 Å². The number of amides is 1. The second-order valence-electron chi connectivity index (χ2n) is 5.18. The van der Waals surface area contributed by atoms with Crippen LogP contribution in [0.2, 0.25) is 0 Å². The van der Waals surface area contributed by atoms with Crippen molar-refractivity contribution in [2.24, 2.45) is 0 Å². The van der Waals surface area contributed by atoms with E-state index in [1.165, 1.54) is 11.1 Å². The number of carbonyl (C=O) groups is 2. The van der Waals surface area contributed by atoms with Crippen molar-refractivity contribution < 1.29 is 19.4 Å². The van der Waals surface area contributed by atoms with E-state index in [0.717, 1.165) is 5.69 Å². The molecule has 1 atom stereocenters. The molecule has 3 heterocycles. The second kappa shape index (κ2) is 6.57. The Balaban J connectivity index is 1.84. The quantitative estimate of drug-likeness (QED) is 0.886. The van der Waals surface area contributed by atoms with Gasteiger partial charge in [0.05, 0.1) is 31.4 Å². The maximum atomic E-state index is 12.7. The molecule has 1 fully saturated rings. The highest BCUT2D eigenvalue weighted by molar-refractivity contribution is 5.93. The van der Waals surface area contributed by atoms with Gasteiger partial charge in [0.25, 0.3) is 5.91 Å². The highest BCUT2D eigenvalue weighted by Gasteiger charge is 2.30. The molecule has 0 bridgehead atoms. The van der Waals surface area contributed by atoms with Gasteiger partial charge in [0, 0.05) is 25.1 Å². The summed E-state index contributed by atoms with van der Waals surface area (Å²) in [7, 11) is 0. The number of pyridine rings is 1. The predicted molar refractivity (Wildman–Crippen MR) is 79.3 cm³/mol. The molecule has 1 unspecified atom stereocenters. The Morgan fingerprint density at radius 3 is 3.00 bits per heavy atom. The number of carbonyl (C=O) groups excluding carboxylic acids is 1. The summed E-state index contributed by atoms with van der Waals surface area (Å²) in [6, 6.07) is 4.69. The van der Waals surface area contributed by atoms with Crippen LogP contribution in [0, 0.1) is 0 Å². The average Bonchev–Trinajstić information content (AvgIpc) is 3.09. The van der Waals surface area contributed by atoms with Crippen molar-refractivity contribution in [1.29, 1.82) is 0 Å². The van der Waals surface area contributed by atoms with E-state index in [0.29, 0.717) is 13.2 Å². The number of hydrogen-bond donors (Lipinski definition) is 1. The molecule has 8 heteroatoms.